The molecule has 0 aromatic carbocycles. The summed E-state index contributed by atoms with van der Waals surface area (Å²) >= 11 is 3.22. The minimum Gasteiger partial charge on any atom is -0.361 e. The summed E-state index contributed by atoms with van der Waals surface area (Å²) in [5, 5.41) is 14.3. The number of hydrogen-bond donors (Lipinski definition) is 1. The molecule has 1 heterocycles. The second kappa shape index (κ2) is 6.32. The number of nitrogens with zero attached hydrogens (tertiary/aromatic N) is 2. The van der Waals surface area contributed by atoms with Gasteiger partial charge in [0.05, 0.1) is 4.92 Å². The van der Waals surface area contributed by atoms with Crippen LogP contribution >= 0.6 is 15.9 Å². The number of anilines is 1. The molecule has 1 aromatic heterocycles. The van der Waals surface area contributed by atoms with Crippen molar-refractivity contribution in [3.05, 3.63) is 26.9 Å². The molecule has 0 spiro atoms. The molecule has 0 radical (unpaired) electrons. The second-order valence-corrected chi connectivity index (χ2v) is 6.06. The largest absolute Gasteiger partial charge is 0.361 e. The number of pyridine rings is 1. The number of nitro groups is 1. The summed E-state index contributed by atoms with van der Waals surface area (Å²) in [7, 11) is 0. The summed E-state index contributed by atoms with van der Waals surface area (Å²) in [4.78, 5) is 14.8. The zero-order valence-electron chi connectivity index (χ0n) is 10.9. The molecule has 2 unspecified atom stereocenters. The predicted molar refractivity (Wildman–Crippen MR) is 78.3 cm³/mol. The smallest absolute Gasteiger partial charge is 0.312 e. The minimum absolute atomic E-state index is 0.0332. The van der Waals surface area contributed by atoms with Gasteiger partial charge >= 0.3 is 5.69 Å². The van der Waals surface area contributed by atoms with Crippen LogP contribution < -0.4 is 5.32 Å². The lowest BCUT2D eigenvalue weighted by atomic mass is 9.97. The molecule has 1 saturated carbocycles. The molecule has 104 valence electrons. The summed E-state index contributed by atoms with van der Waals surface area (Å²) < 4.78 is 0.624. The van der Waals surface area contributed by atoms with Crippen LogP contribution in [0, 0.1) is 16.0 Å². The molecule has 1 aliphatic carbocycles. The first-order valence-corrected chi connectivity index (χ1v) is 7.43. The van der Waals surface area contributed by atoms with Gasteiger partial charge in [0, 0.05) is 22.8 Å². The molecule has 1 fully saturated rings. The maximum absolute atomic E-state index is 11.1. The molecule has 0 aliphatic heterocycles. The average molecular weight is 328 g/mol. The molecule has 5 nitrogen and oxygen atoms in total. The third-order valence-corrected chi connectivity index (χ3v) is 4.15. The van der Waals surface area contributed by atoms with Crippen LogP contribution in [0.3, 0.4) is 0 Å². The normalized spacial score (nSPS) is 23.7. The lowest BCUT2D eigenvalue weighted by molar-refractivity contribution is -0.384. The van der Waals surface area contributed by atoms with Crippen LogP contribution in [-0.4, -0.2) is 15.9 Å². The molecule has 0 bridgehead atoms. The molecule has 1 aromatic rings. The number of rotatable bonds is 3. The Balaban J connectivity index is 2.19. The van der Waals surface area contributed by atoms with E-state index in [1.54, 1.807) is 6.20 Å². The Hall–Kier alpha value is -1.17. The van der Waals surface area contributed by atoms with E-state index in [1.807, 2.05) is 0 Å². The van der Waals surface area contributed by atoms with Gasteiger partial charge in [-0.05, 0) is 34.7 Å². The Morgan fingerprint density at radius 2 is 2.16 bits per heavy atom. The first kappa shape index (κ1) is 14.2. The summed E-state index contributed by atoms with van der Waals surface area (Å²) in [6, 6.07) is 1.77. The van der Waals surface area contributed by atoms with E-state index in [0.29, 0.717) is 16.2 Å². The summed E-state index contributed by atoms with van der Waals surface area (Å²) in [5.41, 5.74) is 0.0332. The van der Waals surface area contributed by atoms with Crippen molar-refractivity contribution in [2.75, 3.05) is 5.32 Å². The van der Waals surface area contributed by atoms with Gasteiger partial charge in [-0.3, -0.25) is 10.1 Å². The van der Waals surface area contributed by atoms with E-state index in [0.717, 1.165) is 6.42 Å². The predicted octanol–water partition coefficient (Wildman–Crippen LogP) is 4.13. The molecular weight excluding hydrogens is 310 g/mol. The van der Waals surface area contributed by atoms with Crippen LogP contribution in [0.4, 0.5) is 11.5 Å². The highest BCUT2D eigenvalue weighted by molar-refractivity contribution is 9.10. The van der Waals surface area contributed by atoms with Gasteiger partial charge in [-0.2, -0.15) is 0 Å². The highest BCUT2D eigenvalue weighted by atomic mass is 79.9. The monoisotopic (exact) mass is 327 g/mol. The van der Waals surface area contributed by atoms with E-state index in [1.165, 1.54) is 31.7 Å². The molecule has 1 aliphatic rings. The SMILES string of the molecule is CC1CCCCCC1Nc1ncc(Br)cc1[N+](=O)[O-]. The van der Waals surface area contributed by atoms with Crippen molar-refractivity contribution in [1.29, 1.82) is 0 Å². The third-order valence-electron chi connectivity index (χ3n) is 3.71. The maximum atomic E-state index is 11.1. The van der Waals surface area contributed by atoms with Crippen LogP contribution in [0.25, 0.3) is 0 Å². The zero-order chi connectivity index (χ0) is 13.8. The number of aromatic nitrogens is 1. The maximum Gasteiger partial charge on any atom is 0.312 e. The van der Waals surface area contributed by atoms with Gasteiger partial charge in [0.25, 0.3) is 0 Å². The van der Waals surface area contributed by atoms with E-state index in [4.69, 9.17) is 0 Å². The Kier molecular flexibility index (Phi) is 4.74. The first-order valence-electron chi connectivity index (χ1n) is 6.64. The standard InChI is InChI=1S/C13H18BrN3O2/c1-9-5-3-2-4-6-11(9)16-13-12(17(18)19)7-10(14)8-15-13/h7-9,11H,2-6H2,1H3,(H,15,16). The molecule has 2 rings (SSSR count). The van der Waals surface area contributed by atoms with Gasteiger partial charge in [0.15, 0.2) is 0 Å². The zero-order valence-corrected chi connectivity index (χ0v) is 12.5. The topological polar surface area (TPSA) is 68.1 Å². The van der Waals surface area contributed by atoms with Crippen molar-refractivity contribution in [2.24, 2.45) is 5.92 Å². The number of halogens is 1. The van der Waals surface area contributed by atoms with Gasteiger partial charge in [0.1, 0.15) is 0 Å². The molecule has 0 saturated heterocycles. The van der Waals surface area contributed by atoms with Crippen LogP contribution in [-0.2, 0) is 0 Å². The van der Waals surface area contributed by atoms with Crippen molar-refractivity contribution in [3.8, 4) is 0 Å². The van der Waals surface area contributed by atoms with Gasteiger partial charge < -0.3 is 5.32 Å². The van der Waals surface area contributed by atoms with Crippen LogP contribution in [0.15, 0.2) is 16.7 Å². The summed E-state index contributed by atoms with van der Waals surface area (Å²) in [6.45, 7) is 2.20. The average Bonchev–Trinajstić information content (AvgIpc) is 2.57. The lowest BCUT2D eigenvalue weighted by Gasteiger charge is -2.23. The Morgan fingerprint density at radius 1 is 1.42 bits per heavy atom. The Labute approximate surface area is 121 Å². The van der Waals surface area contributed by atoms with Gasteiger partial charge in [-0.1, -0.05) is 26.2 Å². The van der Waals surface area contributed by atoms with Crippen LogP contribution in [0.1, 0.15) is 39.0 Å². The molecule has 6 heteroatoms. The highest BCUT2D eigenvalue weighted by Crippen LogP contribution is 2.30. The first-order chi connectivity index (χ1) is 9.08. The Morgan fingerprint density at radius 3 is 2.89 bits per heavy atom. The fraction of sp³-hybridized carbons (Fsp3) is 0.615. The van der Waals surface area contributed by atoms with Crippen molar-refractivity contribution in [1.82, 2.24) is 4.98 Å². The highest BCUT2D eigenvalue weighted by Gasteiger charge is 2.24. The van der Waals surface area contributed by atoms with Crippen LogP contribution in [0.2, 0.25) is 0 Å². The van der Waals surface area contributed by atoms with Gasteiger partial charge in [-0.15, -0.1) is 0 Å². The molecule has 0 amide bonds. The van der Waals surface area contributed by atoms with Crippen molar-refractivity contribution >= 4 is 27.4 Å². The quantitative estimate of drug-likeness (QED) is 0.514. The number of nitrogens with one attached hydrogen (secondary N) is 1. The van der Waals surface area contributed by atoms with Crippen molar-refractivity contribution in [3.63, 3.8) is 0 Å². The van der Waals surface area contributed by atoms with E-state index >= 15 is 0 Å². The van der Waals surface area contributed by atoms with Gasteiger partial charge in [0.2, 0.25) is 5.82 Å². The fourth-order valence-electron chi connectivity index (χ4n) is 2.56. The van der Waals surface area contributed by atoms with Crippen LogP contribution in [0.5, 0.6) is 0 Å². The van der Waals surface area contributed by atoms with Crippen molar-refractivity contribution < 1.29 is 4.92 Å². The Bertz CT molecular complexity index is 467. The van der Waals surface area contributed by atoms with E-state index < -0.39 is 0 Å². The lowest BCUT2D eigenvalue weighted by Crippen LogP contribution is -2.27. The van der Waals surface area contributed by atoms with Crippen molar-refractivity contribution in [2.45, 2.75) is 45.1 Å². The van der Waals surface area contributed by atoms with E-state index in [2.05, 4.69) is 33.2 Å². The van der Waals surface area contributed by atoms with E-state index in [9.17, 15) is 10.1 Å². The minimum atomic E-state index is -0.387. The third kappa shape index (κ3) is 3.65. The summed E-state index contributed by atoms with van der Waals surface area (Å²) in [6.07, 6.45) is 7.48. The molecule has 19 heavy (non-hydrogen) atoms. The summed E-state index contributed by atoms with van der Waals surface area (Å²) in [5.74, 6) is 0.902. The second-order valence-electron chi connectivity index (χ2n) is 5.14. The number of hydrogen-bond acceptors (Lipinski definition) is 4. The molecule has 2 atom stereocenters. The van der Waals surface area contributed by atoms with Gasteiger partial charge in [-0.25, -0.2) is 4.98 Å². The van der Waals surface area contributed by atoms with E-state index in [-0.39, 0.29) is 16.7 Å². The molecular formula is C13H18BrN3O2. The fourth-order valence-corrected chi connectivity index (χ4v) is 2.88. The molecule has 1 N–H and O–H groups in total.